The number of rotatable bonds is 7. The van der Waals surface area contributed by atoms with Gasteiger partial charge >= 0.3 is 6.01 Å². The van der Waals surface area contributed by atoms with E-state index in [1.54, 1.807) is 11.0 Å². The third-order valence-corrected chi connectivity index (χ3v) is 9.92. The number of aromatic nitrogens is 2. The number of carbonyl (C=O) groups excluding carboxylic acids is 1. The predicted molar refractivity (Wildman–Crippen MR) is 169 cm³/mol. The highest BCUT2D eigenvalue weighted by Crippen LogP contribution is 2.48. The van der Waals surface area contributed by atoms with E-state index in [9.17, 15) is 15.2 Å². The van der Waals surface area contributed by atoms with Crippen molar-refractivity contribution in [2.75, 3.05) is 49.6 Å². The van der Waals surface area contributed by atoms with Gasteiger partial charge in [-0.15, -0.1) is 0 Å². The van der Waals surface area contributed by atoms with Gasteiger partial charge in [-0.3, -0.25) is 9.69 Å². The standard InChI is InChI=1S/C34H39N7O3/c1-3-31(43)41-18-17-40(21-24(41)10-14-35)32-27-11-16-39(29-20-25(42)19-23-7-4-5-8-26(23)29)22-28(27)36-33(37-32)44-34(12-13-34)30-9-6-15-38(30)2/h3-5,7-8,19-20,24,30,42H,1,6,9-13,15-18,21-22H2,2H3. The quantitative estimate of drug-likeness (QED) is 0.406. The number of likely N-dealkylation sites (N-methyl/N-ethyl adjacent to an activating group) is 1. The lowest BCUT2D eigenvalue weighted by Crippen LogP contribution is -2.55. The molecule has 10 heteroatoms. The molecule has 1 N–H and O–H groups in total. The normalized spacial score (nSPS) is 22.9. The zero-order valence-electron chi connectivity index (χ0n) is 25.3. The highest BCUT2D eigenvalue weighted by atomic mass is 16.5. The Morgan fingerprint density at radius 3 is 2.77 bits per heavy atom. The zero-order chi connectivity index (χ0) is 30.4. The highest BCUT2D eigenvalue weighted by molar-refractivity contribution is 5.95. The van der Waals surface area contributed by atoms with Crippen molar-refractivity contribution in [1.82, 2.24) is 19.8 Å². The SMILES string of the molecule is C=CC(=O)N1CCN(c2nc(OC3(C4CCCN4C)CC3)nc3c2CCN(c2cc(O)cc4ccccc24)C3)CC1CC#N. The molecule has 1 aromatic heterocycles. The maximum absolute atomic E-state index is 12.6. The molecule has 1 amide bonds. The summed E-state index contributed by atoms with van der Waals surface area (Å²) in [5.41, 5.74) is 2.72. The van der Waals surface area contributed by atoms with E-state index in [0.717, 1.165) is 72.3 Å². The monoisotopic (exact) mass is 593 g/mol. The number of ether oxygens (including phenoxy) is 1. The Bertz CT molecular complexity index is 1650. The molecular weight excluding hydrogens is 554 g/mol. The van der Waals surface area contributed by atoms with Gasteiger partial charge in [-0.1, -0.05) is 30.8 Å². The number of nitriles is 1. The molecule has 3 aromatic rings. The van der Waals surface area contributed by atoms with Crippen LogP contribution < -0.4 is 14.5 Å². The van der Waals surface area contributed by atoms with Crippen molar-refractivity contribution in [3.8, 4) is 17.8 Å². The fraction of sp³-hybridized carbons (Fsp3) is 0.471. The van der Waals surface area contributed by atoms with Crippen LogP contribution in [0.1, 0.15) is 43.4 Å². The number of hydrogen-bond donors (Lipinski definition) is 1. The molecule has 3 aliphatic heterocycles. The summed E-state index contributed by atoms with van der Waals surface area (Å²) in [4.78, 5) is 31.4. The van der Waals surface area contributed by atoms with Crippen LogP contribution in [0.2, 0.25) is 0 Å². The summed E-state index contributed by atoms with van der Waals surface area (Å²) in [6.45, 7) is 7.63. The lowest BCUT2D eigenvalue weighted by atomic mass is 10.0. The van der Waals surface area contributed by atoms with Crippen LogP contribution in [0.25, 0.3) is 10.8 Å². The number of phenols is 1. The van der Waals surface area contributed by atoms with Crippen LogP contribution >= 0.6 is 0 Å². The molecule has 44 heavy (non-hydrogen) atoms. The lowest BCUT2D eigenvalue weighted by Gasteiger charge is -2.42. The first-order valence-electron chi connectivity index (χ1n) is 15.7. The molecule has 0 bridgehead atoms. The molecule has 3 fully saturated rings. The van der Waals surface area contributed by atoms with Crippen LogP contribution in [0.5, 0.6) is 11.8 Å². The Labute approximate surface area is 258 Å². The van der Waals surface area contributed by atoms with Crippen molar-refractivity contribution >= 4 is 28.2 Å². The number of carbonyl (C=O) groups is 1. The van der Waals surface area contributed by atoms with Gasteiger partial charge in [0.2, 0.25) is 5.91 Å². The molecule has 228 valence electrons. The second-order valence-electron chi connectivity index (χ2n) is 12.6. The number of benzene rings is 2. The summed E-state index contributed by atoms with van der Waals surface area (Å²) in [6.07, 6.45) is 6.55. The van der Waals surface area contributed by atoms with Gasteiger partial charge < -0.3 is 24.5 Å². The minimum Gasteiger partial charge on any atom is -0.508 e. The molecule has 2 saturated heterocycles. The Kier molecular flexibility index (Phi) is 7.29. The molecule has 2 aromatic carbocycles. The van der Waals surface area contributed by atoms with E-state index in [-0.39, 0.29) is 29.7 Å². The number of piperazine rings is 1. The van der Waals surface area contributed by atoms with E-state index in [1.807, 2.05) is 24.3 Å². The fourth-order valence-electron chi connectivity index (χ4n) is 7.56. The third-order valence-electron chi connectivity index (χ3n) is 9.92. The zero-order valence-corrected chi connectivity index (χ0v) is 25.3. The molecule has 4 aliphatic rings. The molecule has 7 rings (SSSR count). The molecule has 10 nitrogen and oxygen atoms in total. The van der Waals surface area contributed by atoms with Crippen LogP contribution in [0.4, 0.5) is 11.5 Å². The first-order valence-corrected chi connectivity index (χ1v) is 15.7. The van der Waals surface area contributed by atoms with E-state index in [2.05, 4.69) is 40.5 Å². The fourth-order valence-corrected chi connectivity index (χ4v) is 7.56. The summed E-state index contributed by atoms with van der Waals surface area (Å²) in [7, 11) is 2.18. The lowest BCUT2D eigenvalue weighted by molar-refractivity contribution is -0.128. The molecular formula is C34H39N7O3. The number of likely N-dealkylation sites (tertiary alicyclic amines) is 1. The second-order valence-corrected chi connectivity index (χ2v) is 12.6. The molecule has 2 atom stereocenters. The summed E-state index contributed by atoms with van der Waals surface area (Å²) in [5, 5.41) is 22.2. The third kappa shape index (κ3) is 5.09. The average Bonchev–Trinajstić information content (AvgIpc) is 3.67. The van der Waals surface area contributed by atoms with E-state index >= 15 is 0 Å². The number of anilines is 2. The topological polar surface area (TPSA) is 109 Å². The smallest absolute Gasteiger partial charge is 0.319 e. The second kappa shape index (κ2) is 11.3. The Balaban J connectivity index is 1.26. The minimum absolute atomic E-state index is 0.149. The predicted octanol–water partition coefficient (Wildman–Crippen LogP) is 4.02. The number of nitrogens with zero attached hydrogens (tertiary/aromatic N) is 7. The highest BCUT2D eigenvalue weighted by Gasteiger charge is 2.55. The van der Waals surface area contributed by atoms with Gasteiger partial charge in [0.1, 0.15) is 17.2 Å². The van der Waals surface area contributed by atoms with Crippen LogP contribution in [0.3, 0.4) is 0 Å². The van der Waals surface area contributed by atoms with Gasteiger partial charge in [0.05, 0.1) is 30.8 Å². The van der Waals surface area contributed by atoms with Gasteiger partial charge in [0, 0.05) is 54.9 Å². The summed E-state index contributed by atoms with van der Waals surface area (Å²) in [6, 6.07) is 14.5. The van der Waals surface area contributed by atoms with Gasteiger partial charge in [-0.25, -0.2) is 0 Å². The maximum Gasteiger partial charge on any atom is 0.319 e. The van der Waals surface area contributed by atoms with Gasteiger partial charge in [-0.05, 0) is 63.2 Å². The minimum atomic E-state index is -0.259. The van der Waals surface area contributed by atoms with Crippen molar-refractivity contribution in [3.05, 3.63) is 60.3 Å². The Morgan fingerprint density at radius 2 is 2.02 bits per heavy atom. The molecule has 0 radical (unpaired) electrons. The van der Waals surface area contributed by atoms with Crippen molar-refractivity contribution < 1.29 is 14.6 Å². The van der Waals surface area contributed by atoms with Crippen LogP contribution in [0.15, 0.2) is 49.1 Å². The number of amides is 1. The number of hydrogen-bond acceptors (Lipinski definition) is 9. The van der Waals surface area contributed by atoms with Crippen molar-refractivity contribution in [3.63, 3.8) is 0 Å². The summed E-state index contributed by atoms with van der Waals surface area (Å²) < 4.78 is 6.77. The van der Waals surface area contributed by atoms with Crippen molar-refractivity contribution in [2.24, 2.45) is 0 Å². The molecule has 0 spiro atoms. The summed E-state index contributed by atoms with van der Waals surface area (Å²) >= 11 is 0. The van der Waals surface area contributed by atoms with Crippen LogP contribution in [-0.2, 0) is 17.8 Å². The molecule has 4 heterocycles. The Hall–Kier alpha value is -4.36. The van der Waals surface area contributed by atoms with Crippen LogP contribution in [0, 0.1) is 11.3 Å². The first kappa shape index (κ1) is 28.4. The molecule has 1 aliphatic carbocycles. The largest absolute Gasteiger partial charge is 0.508 e. The van der Waals surface area contributed by atoms with E-state index in [4.69, 9.17) is 14.7 Å². The first-order chi connectivity index (χ1) is 21.4. The maximum atomic E-state index is 12.6. The van der Waals surface area contributed by atoms with Gasteiger partial charge in [0.25, 0.3) is 0 Å². The number of phenolic OH excluding ortho intramolecular Hbond substituents is 1. The van der Waals surface area contributed by atoms with Crippen molar-refractivity contribution in [2.45, 2.75) is 62.8 Å². The van der Waals surface area contributed by atoms with Crippen LogP contribution in [-0.4, -0.2) is 88.2 Å². The van der Waals surface area contributed by atoms with E-state index < -0.39 is 0 Å². The number of aromatic hydroxyl groups is 1. The van der Waals surface area contributed by atoms with Gasteiger partial charge in [-0.2, -0.15) is 15.2 Å². The van der Waals surface area contributed by atoms with Gasteiger partial charge in [0.15, 0.2) is 0 Å². The number of fused-ring (bicyclic) bond motifs is 2. The summed E-state index contributed by atoms with van der Waals surface area (Å²) in [5.74, 6) is 0.933. The van der Waals surface area contributed by atoms with Crippen molar-refractivity contribution in [1.29, 1.82) is 5.26 Å². The molecule has 2 unspecified atom stereocenters. The average molecular weight is 594 g/mol. The molecule has 1 saturated carbocycles. The van der Waals surface area contributed by atoms with E-state index in [0.29, 0.717) is 38.2 Å². The Morgan fingerprint density at radius 1 is 1.18 bits per heavy atom. The van der Waals surface area contributed by atoms with E-state index in [1.165, 1.54) is 12.5 Å².